The standard InChI is InChI=1S/C22H28F3N5O7S2/c1-3-7-28(12-13-37-38(2,33)34)21-19(22(23,24)25)14-18(30(31)32)15-20(21)39(35,36)29-10-8-27(9-11-29)17-5-4-6-26-16-17/h4-6,14-16H,3,7-13H2,1-2H3. The molecule has 1 aromatic carbocycles. The number of nitrogens with zero attached hydrogens (tertiary/aromatic N) is 5. The Morgan fingerprint density at radius 2 is 1.79 bits per heavy atom. The zero-order valence-corrected chi connectivity index (χ0v) is 22.8. The van der Waals surface area contributed by atoms with Gasteiger partial charge in [-0.25, -0.2) is 8.42 Å². The zero-order valence-electron chi connectivity index (χ0n) is 21.2. The number of non-ortho nitro benzene ring substituents is 1. The highest BCUT2D eigenvalue weighted by Crippen LogP contribution is 2.44. The van der Waals surface area contributed by atoms with Crippen LogP contribution < -0.4 is 9.80 Å². The number of aromatic nitrogens is 1. The normalized spacial score (nSPS) is 15.4. The maximum atomic E-state index is 14.3. The molecule has 0 saturated carbocycles. The van der Waals surface area contributed by atoms with Gasteiger partial charge in [0.25, 0.3) is 15.8 Å². The molecule has 1 saturated heterocycles. The number of halogens is 3. The molecule has 0 aliphatic carbocycles. The van der Waals surface area contributed by atoms with Crippen molar-refractivity contribution < 1.29 is 39.1 Å². The smallest absolute Gasteiger partial charge is 0.368 e. The number of hydrogen-bond acceptors (Lipinski definition) is 10. The second kappa shape index (κ2) is 12.0. The van der Waals surface area contributed by atoms with Crippen LogP contribution in [0.25, 0.3) is 0 Å². The Hall–Kier alpha value is -3.02. The molecule has 1 aliphatic rings. The van der Waals surface area contributed by atoms with Gasteiger partial charge in [0.15, 0.2) is 0 Å². The summed E-state index contributed by atoms with van der Waals surface area (Å²) in [5, 5.41) is 11.5. The van der Waals surface area contributed by atoms with Crippen molar-refractivity contribution >= 4 is 37.2 Å². The molecule has 0 bridgehead atoms. The number of nitro benzene ring substituents is 1. The fourth-order valence-electron chi connectivity index (χ4n) is 4.21. The number of sulfonamides is 1. The van der Waals surface area contributed by atoms with Crippen molar-refractivity contribution in [1.82, 2.24) is 9.29 Å². The molecule has 216 valence electrons. The minimum absolute atomic E-state index is 0.0916. The van der Waals surface area contributed by atoms with Gasteiger partial charge in [0.1, 0.15) is 4.90 Å². The van der Waals surface area contributed by atoms with Crippen molar-refractivity contribution in [3.05, 3.63) is 52.3 Å². The van der Waals surface area contributed by atoms with Gasteiger partial charge >= 0.3 is 6.18 Å². The van der Waals surface area contributed by atoms with Gasteiger partial charge in [-0.1, -0.05) is 6.92 Å². The molecule has 2 heterocycles. The van der Waals surface area contributed by atoms with Crippen LogP contribution in [0.1, 0.15) is 18.9 Å². The zero-order chi connectivity index (χ0) is 29.0. The Kier molecular flexibility index (Phi) is 9.40. The van der Waals surface area contributed by atoms with Crippen LogP contribution in [0.2, 0.25) is 0 Å². The van der Waals surface area contributed by atoms with Crippen molar-refractivity contribution in [2.45, 2.75) is 24.4 Å². The van der Waals surface area contributed by atoms with Gasteiger partial charge < -0.3 is 9.80 Å². The minimum atomic E-state index is -5.16. The van der Waals surface area contributed by atoms with E-state index in [-0.39, 0.29) is 45.2 Å². The molecule has 1 fully saturated rings. The molecule has 0 atom stereocenters. The van der Waals surface area contributed by atoms with Crippen molar-refractivity contribution in [2.24, 2.45) is 0 Å². The van der Waals surface area contributed by atoms with Crippen molar-refractivity contribution in [3.8, 4) is 0 Å². The van der Waals surface area contributed by atoms with E-state index >= 15 is 0 Å². The third kappa shape index (κ3) is 7.55. The molecule has 1 aliphatic heterocycles. The molecule has 1 aromatic heterocycles. The van der Waals surface area contributed by atoms with Gasteiger partial charge in [0.05, 0.1) is 40.9 Å². The number of nitro groups is 1. The molecule has 17 heteroatoms. The fraction of sp³-hybridized carbons (Fsp3) is 0.500. The highest BCUT2D eigenvalue weighted by Gasteiger charge is 2.42. The molecular weight excluding hydrogens is 567 g/mol. The number of benzene rings is 1. The summed E-state index contributed by atoms with van der Waals surface area (Å²) in [4.78, 5) is 16.5. The van der Waals surface area contributed by atoms with E-state index in [1.54, 1.807) is 31.5 Å². The lowest BCUT2D eigenvalue weighted by atomic mass is 10.1. The Labute approximate surface area is 224 Å². The summed E-state index contributed by atoms with van der Waals surface area (Å²) in [5.74, 6) is 0. The predicted molar refractivity (Wildman–Crippen MR) is 137 cm³/mol. The molecule has 0 N–H and O–H groups in total. The van der Waals surface area contributed by atoms with E-state index in [9.17, 15) is 40.1 Å². The predicted octanol–water partition coefficient (Wildman–Crippen LogP) is 2.71. The molecule has 0 spiro atoms. The molecule has 0 unspecified atom stereocenters. The van der Waals surface area contributed by atoms with Crippen LogP contribution in [0, 0.1) is 10.1 Å². The van der Waals surface area contributed by atoms with Crippen LogP contribution in [-0.4, -0.2) is 83.2 Å². The largest absolute Gasteiger partial charge is 0.418 e. The van der Waals surface area contributed by atoms with E-state index < -0.39 is 66.2 Å². The first-order valence-corrected chi connectivity index (χ1v) is 15.0. The van der Waals surface area contributed by atoms with Gasteiger partial charge in [0, 0.05) is 57.6 Å². The summed E-state index contributed by atoms with van der Waals surface area (Å²) < 4.78 is 98.8. The highest BCUT2D eigenvalue weighted by atomic mass is 32.2. The van der Waals surface area contributed by atoms with Gasteiger partial charge in [-0.3, -0.25) is 19.3 Å². The first-order valence-electron chi connectivity index (χ1n) is 11.8. The number of piperazine rings is 1. The third-order valence-electron chi connectivity index (χ3n) is 5.91. The maximum Gasteiger partial charge on any atom is 0.418 e. The van der Waals surface area contributed by atoms with E-state index in [0.29, 0.717) is 6.07 Å². The van der Waals surface area contributed by atoms with Gasteiger partial charge in [-0.05, 0) is 18.6 Å². The van der Waals surface area contributed by atoms with Gasteiger partial charge in [-0.2, -0.15) is 25.9 Å². The lowest BCUT2D eigenvalue weighted by molar-refractivity contribution is -0.385. The second-order valence-electron chi connectivity index (χ2n) is 8.71. The Balaban J connectivity index is 2.10. The summed E-state index contributed by atoms with van der Waals surface area (Å²) in [6.45, 7) is 0.789. The van der Waals surface area contributed by atoms with E-state index in [2.05, 4.69) is 9.17 Å². The summed E-state index contributed by atoms with van der Waals surface area (Å²) in [7, 11) is -8.60. The number of hydrogen-bond donors (Lipinski definition) is 0. The Morgan fingerprint density at radius 3 is 2.31 bits per heavy atom. The maximum absolute atomic E-state index is 14.3. The average Bonchev–Trinajstić information content (AvgIpc) is 2.86. The Bertz CT molecular complexity index is 1380. The molecule has 3 rings (SSSR count). The topological polar surface area (TPSA) is 143 Å². The fourth-order valence-corrected chi connectivity index (χ4v) is 6.26. The van der Waals surface area contributed by atoms with Crippen LogP contribution in [0.4, 0.5) is 30.2 Å². The van der Waals surface area contributed by atoms with Crippen LogP contribution in [0.3, 0.4) is 0 Å². The summed E-state index contributed by atoms with van der Waals surface area (Å²) >= 11 is 0. The third-order valence-corrected chi connectivity index (χ3v) is 8.42. The number of anilines is 2. The van der Waals surface area contributed by atoms with Crippen LogP contribution >= 0.6 is 0 Å². The van der Waals surface area contributed by atoms with E-state index in [1.807, 2.05) is 4.90 Å². The van der Waals surface area contributed by atoms with Crippen LogP contribution in [0.15, 0.2) is 41.6 Å². The average molecular weight is 596 g/mol. The van der Waals surface area contributed by atoms with Gasteiger partial charge in [-0.15, -0.1) is 0 Å². The molecule has 0 radical (unpaired) electrons. The second-order valence-corrected chi connectivity index (χ2v) is 12.3. The number of rotatable bonds is 11. The number of alkyl halides is 3. The molecule has 39 heavy (non-hydrogen) atoms. The molecule has 12 nitrogen and oxygen atoms in total. The lowest BCUT2D eigenvalue weighted by Gasteiger charge is -2.36. The monoisotopic (exact) mass is 595 g/mol. The number of pyridine rings is 1. The Morgan fingerprint density at radius 1 is 1.13 bits per heavy atom. The molecule has 2 aromatic rings. The first-order chi connectivity index (χ1) is 18.1. The van der Waals surface area contributed by atoms with Crippen molar-refractivity contribution in [1.29, 1.82) is 0 Å². The molecule has 0 amide bonds. The van der Waals surface area contributed by atoms with E-state index in [4.69, 9.17) is 0 Å². The summed E-state index contributed by atoms with van der Waals surface area (Å²) in [6, 6.07) is 4.40. The van der Waals surface area contributed by atoms with E-state index in [0.717, 1.165) is 21.1 Å². The van der Waals surface area contributed by atoms with Gasteiger partial charge in [0.2, 0.25) is 10.0 Å². The van der Waals surface area contributed by atoms with Crippen LogP contribution in [-0.2, 0) is 30.5 Å². The minimum Gasteiger partial charge on any atom is -0.368 e. The first kappa shape index (κ1) is 30.5. The SMILES string of the molecule is CCCN(CCOS(C)(=O)=O)c1c(C(F)(F)F)cc([N+](=O)[O-])cc1S(=O)(=O)N1CCN(c2cccnc2)CC1. The summed E-state index contributed by atoms with van der Waals surface area (Å²) in [6.07, 6.45) is -0.953. The lowest BCUT2D eigenvalue weighted by Crippen LogP contribution is -2.49. The van der Waals surface area contributed by atoms with Crippen LogP contribution in [0.5, 0.6) is 0 Å². The molecular formula is C22H28F3N5O7S2. The summed E-state index contributed by atoms with van der Waals surface area (Å²) in [5.41, 5.74) is -2.61. The van der Waals surface area contributed by atoms with E-state index in [1.165, 1.54) is 0 Å². The van der Waals surface area contributed by atoms with Crippen molar-refractivity contribution in [3.63, 3.8) is 0 Å². The van der Waals surface area contributed by atoms with Crippen molar-refractivity contribution in [2.75, 3.05) is 61.9 Å². The highest BCUT2D eigenvalue weighted by molar-refractivity contribution is 7.89. The quantitative estimate of drug-likeness (QED) is 0.216.